The van der Waals surface area contributed by atoms with E-state index in [0.29, 0.717) is 18.9 Å². The largest absolute Gasteiger partial charge is 0.353 e. The molecule has 1 saturated heterocycles. The Balaban J connectivity index is 2.60. The first-order chi connectivity index (χ1) is 6.65. The van der Waals surface area contributed by atoms with E-state index in [1.54, 1.807) is 0 Å². The number of carbonyl (C=O) groups excluding carboxylic acids is 1. The lowest BCUT2D eigenvalue weighted by Crippen LogP contribution is -2.55. The fourth-order valence-electron chi connectivity index (χ4n) is 1.76. The summed E-state index contributed by atoms with van der Waals surface area (Å²) in [7, 11) is 0. The van der Waals surface area contributed by atoms with Crippen molar-refractivity contribution in [3.05, 3.63) is 0 Å². The lowest BCUT2D eigenvalue weighted by atomic mass is 10.1. The molecule has 1 heterocycles. The Morgan fingerprint density at radius 1 is 1.71 bits per heavy atom. The van der Waals surface area contributed by atoms with Crippen LogP contribution in [0, 0.1) is 17.2 Å². The third kappa shape index (κ3) is 2.71. The van der Waals surface area contributed by atoms with Crippen LogP contribution in [0.4, 0.5) is 0 Å². The van der Waals surface area contributed by atoms with Gasteiger partial charge in [-0.1, -0.05) is 13.8 Å². The second-order valence-electron chi connectivity index (χ2n) is 4.06. The first-order valence-electron chi connectivity index (χ1n) is 5.04. The normalized spacial score (nSPS) is 23.3. The highest BCUT2D eigenvalue weighted by Crippen LogP contribution is 2.10. The first kappa shape index (κ1) is 11.0. The quantitative estimate of drug-likeness (QED) is 0.707. The molecule has 0 radical (unpaired) electrons. The van der Waals surface area contributed by atoms with Gasteiger partial charge in [0.25, 0.3) is 0 Å². The number of carbonyl (C=O) groups is 1. The van der Waals surface area contributed by atoms with Crippen LogP contribution in [0.3, 0.4) is 0 Å². The summed E-state index contributed by atoms with van der Waals surface area (Å²) in [6, 6.07) is 1.83. The van der Waals surface area contributed by atoms with E-state index in [4.69, 9.17) is 5.26 Å². The maximum absolute atomic E-state index is 11.5. The Kier molecular flexibility index (Phi) is 3.90. The Bertz CT molecular complexity index is 244. The first-order valence-corrected chi connectivity index (χ1v) is 5.04. The fourth-order valence-corrected chi connectivity index (χ4v) is 1.76. The molecule has 1 aliphatic heterocycles. The topological polar surface area (TPSA) is 56.1 Å². The summed E-state index contributed by atoms with van der Waals surface area (Å²) in [5.74, 6) is 0.528. The maximum Gasteiger partial charge on any atom is 0.238 e. The van der Waals surface area contributed by atoms with Crippen molar-refractivity contribution in [1.29, 1.82) is 5.26 Å². The molecule has 0 aliphatic carbocycles. The van der Waals surface area contributed by atoms with Crippen LogP contribution in [0.5, 0.6) is 0 Å². The van der Waals surface area contributed by atoms with Gasteiger partial charge in [-0.05, 0) is 5.92 Å². The highest BCUT2D eigenvalue weighted by Gasteiger charge is 2.29. The van der Waals surface area contributed by atoms with E-state index < -0.39 is 0 Å². The van der Waals surface area contributed by atoms with Gasteiger partial charge in [0.1, 0.15) is 6.04 Å². The minimum Gasteiger partial charge on any atom is -0.353 e. The van der Waals surface area contributed by atoms with Crippen LogP contribution in [0.25, 0.3) is 0 Å². The van der Waals surface area contributed by atoms with Crippen molar-refractivity contribution >= 4 is 5.91 Å². The molecule has 1 rings (SSSR count). The summed E-state index contributed by atoms with van der Waals surface area (Å²) in [5.41, 5.74) is 0. The van der Waals surface area contributed by atoms with Crippen molar-refractivity contribution in [2.24, 2.45) is 5.92 Å². The van der Waals surface area contributed by atoms with Gasteiger partial charge in [0, 0.05) is 19.6 Å². The van der Waals surface area contributed by atoms with Crippen LogP contribution in [-0.4, -0.2) is 36.5 Å². The second kappa shape index (κ2) is 4.97. The number of rotatable bonds is 3. The second-order valence-corrected chi connectivity index (χ2v) is 4.06. The molecular formula is C10H17N3O. The van der Waals surface area contributed by atoms with E-state index in [9.17, 15) is 4.79 Å². The molecular weight excluding hydrogens is 178 g/mol. The standard InChI is InChI=1S/C10H17N3O/c1-8(2)7-13-6-5-12-10(14)9(13)3-4-11/h8-9H,3,5-7H2,1-2H3,(H,12,14). The van der Waals surface area contributed by atoms with Gasteiger partial charge in [-0.15, -0.1) is 0 Å². The summed E-state index contributed by atoms with van der Waals surface area (Å²) in [4.78, 5) is 13.6. The van der Waals surface area contributed by atoms with Gasteiger partial charge in [0.2, 0.25) is 5.91 Å². The summed E-state index contributed by atoms with van der Waals surface area (Å²) >= 11 is 0. The molecule has 78 valence electrons. The van der Waals surface area contributed by atoms with Crippen molar-refractivity contribution in [3.8, 4) is 6.07 Å². The van der Waals surface area contributed by atoms with Gasteiger partial charge in [-0.25, -0.2) is 0 Å². The molecule has 0 bridgehead atoms. The van der Waals surface area contributed by atoms with Crippen molar-refractivity contribution in [3.63, 3.8) is 0 Å². The van der Waals surface area contributed by atoms with E-state index in [1.165, 1.54) is 0 Å². The Morgan fingerprint density at radius 2 is 2.43 bits per heavy atom. The molecule has 4 nitrogen and oxygen atoms in total. The number of hydrogen-bond acceptors (Lipinski definition) is 3. The molecule has 0 aromatic carbocycles. The fraction of sp³-hybridized carbons (Fsp3) is 0.800. The third-order valence-corrected chi connectivity index (χ3v) is 2.33. The van der Waals surface area contributed by atoms with Gasteiger partial charge in [-0.3, -0.25) is 9.69 Å². The van der Waals surface area contributed by atoms with Gasteiger partial charge >= 0.3 is 0 Å². The van der Waals surface area contributed by atoms with Gasteiger partial charge < -0.3 is 5.32 Å². The lowest BCUT2D eigenvalue weighted by Gasteiger charge is -2.34. The Hall–Kier alpha value is -1.08. The number of nitrogens with one attached hydrogen (secondary N) is 1. The predicted octanol–water partition coefficient (Wildman–Crippen LogP) is 0.356. The zero-order chi connectivity index (χ0) is 10.6. The lowest BCUT2D eigenvalue weighted by molar-refractivity contribution is -0.129. The number of amides is 1. The molecule has 1 aliphatic rings. The molecule has 0 saturated carbocycles. The van der Waals surface area contributed by atoms with Gasteiger partial charge in [-0.2, -0.15) is 5.26 Å². The maximum atomic E-state index is 11.5. The zero-order valence-electron chi connectivity index (χ0n) is 8.79. The summed E-state index contributed by atoms with van der Waals surface area (Å²) in [6.45, 7) is 6.69. The third-order valence-electron chi connectivity index (χ3n) is 2.33. The van der Waals surface area contributed by atoms with Crippen molar-refractivity contribution in [2.45, 2.75) is 26.3 Å². The molecule has 1 unspecified atom stereocenters. The van der Waals surface area contributed by atoms with Crippen LogP contribution in [0.15, 0.2) is 0 Å². The SMILES string of the molecule is CC(C)CN1CCNC(=O)C1CC#N. The minimum atomic E-state index is -0.240. The molecule has 1 atom stereocenters. The number of hydrogen-bond donors (Lipinski definition) is 1. The molecule has 1 fully saturated rings. The van der Waals surface area contributed by atoms with E-state index in [0.717, 1.165) is 13.1 Å². The summed E-state index contributed by atoms with van der Waals surface area (Å²) in [6.07, 6.45) is 0.290. The van der Waals surface area contributed by atoms with Crippen molar-refractivity contribution in [2.75, 3.05) is 19.6 Å². The molecule has 1 N–H and O–H groups in total. The van der Waals surface area contributed by atoms with E-state index in [-0.39, 0.29) is 11.9 Å². The van der Waals surface area contributed by atoms with Crippen LogP contribution < -0.4 is 5.32 Å². The van der Waals surface area contributed by atoms with E-state index in [2.05, 4.69) is 30.1 Å². The average Bonchev–Trinajstić information content (AvgIpc) is 2.10. The van der Waals surface area contributed by atoms with Crippen LogP contribution >= 0.6 is 0 Å². The molecule has 0 aromatic rings. The smallest absolute Gasteiger partial charge is 0.238 e. The number of piperazine rings is 1. The van der Waals surface area contributed by atoms with E-state index >= 15 is 0 Å². The minimum absolute atomic E-state index is 0.00144. The summed E-state index contributed by atoms with van der Waals surface area (Å²) in [5, 5.41) is 11.4. The van der Waals surface area contributed by atoms with E-state index in [1.807, 2.05) is 0 Å². The highest BCUT2D eigenvalue weighted by atomic mass is 16.2. The Morgan fingerprint density at radius 3 is 3.00 bits per heavy atom. The van der Waals surface area contributed by atoms with Gasteiger partial charge in [0.05, 0.1) is 12.5 Å². The van der Waals surface area contributed by atoms with Crippen LogP contribution in [0.1, 0.15) is 20.3 Å². The Labute approximate surface area is 84.9 Å². The molecule has 0 spiro atoms. The van der Waals surface area contributed by atoms with Crippen LogP contribution in [-0.2, 0) is 4.79 Å². The monoisotopic (exact) mass is 195 g/mol. The van der Waals surface area contributed by atoms with Crippen molar-refractivity contribution < 1.29 is 4.79 Å². The van der Waals surface area contributed by atoms with Crippen molar-refractivity contribution in [1.82, 2.24) is 10.2 Å². The number of nitriles is 1. The predicted molar refractivity (Wildman–Crippen MR) is 53.4 cm³/mol. The molecule has 1 amide bonds. The molecule has 14 heavy (non-hydrogen) atoms. The highest BCUT2D eigenvalue weighted by molar-refractivity contribution is 5.82. The molecule has 0 aromatic heterocycles. The van der Waals surface area contributed by atoms with Gasteiger partial charge in [0.15, 0.2) is 0 Å². The molecule has 4 heteroatoms. The number of nitrogens with zero attached hydrogens (tertiary/aromatic N) is 2. The average molecular weight is 195 g/mol. The summed E-state index contributed by atoms with van der Waals surface area (Å²) < 4.78 is 0. The van der Waals surface area contributed by atoms with Crippen LogP contribution in [0.2, 0.25) is 0 Å². The zero-order valence-corrected chi connectivity index (χ0v) is 8.79.